The van der Waals surface area contributed by atoms with E-state index >= 15 is 0 Å². The highest BCUT2D eigenvalue weighted by Crippen LogP contribution is 2.15. The summed E-state index contributed by atoms with van der Waals surface area (Å²) in [5.41, 5.74) is 1.77. The fraction of sp³-hybridized carbons (Fsp3) is 0.400. The normalized spacial score (nSPS) is 13.7. The van der Waals surface area contributed by atoms with Gasteiger partial charge in [0.2, 0.25) is 11.8 Å². The average molecular weight is 472 g/mol. The van der Waals surface area contributed by atoms with Crippen molar-refractivity contribution in [1.82, 2.24) is 10.6 Å². The number of carbonyl (C=O) groups excluding carboxylic acids is 2. The lowest BCUT2D eigenvalue weighted by atomic mass is 10.0. The molecule has 0 saturated carbocycles. The number of hydrogen-bond acceptors (Lipinski definition) is 5. The molecule has 0 fully saturated rings. The Kier molecular flexibility index (Phi) is 10.9. The first kappa shape index (κ1) is 26.4. The van der Waals surface area contributed by atoms with Gasteiger partial charge in [-0.3, -0.25) is 19.7 Å². The van der Waals surface area contributed by atoms with Crippen molar-refractivity contribution in [3.8, 4) is 0 Å². The summed E-state index contributed by atoms with van der Waals surface area (Å²) in [6.45, 7) is 5.46. The summed E-state index contributed by atoms with van der Waals surface area (Å²) in [6, 6.07) is 16.5. The molecular formula is C25H33N3O4S. The van der Waals surface area contributed by atoms with Gasteiger partial charge in [-0.1, -0.05) is 62.4 Å². The summed E-state index contributed by atoms with van der Waals surface area (Å²) in [6.07, 6.45) is 0.461. The maximum absolute atomic E-state index is 13.1. The van der Waals surface area contributed by atoms with Gasteiger partial charge in [-0.25, -0.2) is 0 Å². The summed E-state index contributed by atoms with van der Waals surface area (Å²) < 4.78 is 0. The van der Waals surface area contributed by atoms with Crippen molar-refractivity contribution in [2.24, 2.45) is 5.92 Å². The van der Waals surface area contributed by atoms with E-state index in [1.165, 1.54) is 18.7 Å². The van der Waals surface area contributed by atoms with Crippen molar-refractivity contribution in [1.29, 1.82) is 0 Å². The first-order valence-corrected chi connectivity index (χ1v) is 12.2. The van der Waals surface area contributed by atoms with Crippen LogP contribution in [0.2, 0.25) is 0 Å². The third-order valence-electron chi connectivity index (χ3n) is 4.92. The van der Waals surface area contributed by atoms with Gasteiger partial charge in [0, 0.05) is 17.2 Å². The van der Waals surface area contributed by atoms with Crippen molar-refractivity contribution < 1.29 is 19.5 Å². The number of benzene rings is 2. The van der Waals surface area contributed by atoms with Crippen LogP contribution in [0.4, 0.5) is 5.69 Å². The monoisotopic (exact) mass is 471 g/mol. The van der Waals surface area contributed by atoms with Crippen LogP contribution in [0.3, 0.4) is 0 Å². The minimum atomic E-state index is -1.04. The first-order valence-electron chi connectivity index (χ1n) is 11.0. The average Bonchev–Trinajstić information content (AvgIpc) is 2.78. The zero-order chi connectivity index (χ0) is 24.2. The van der Waals surface area contributed by atoms with Crippen molar-refractivity contribution in [2.45, 2.75) is 51.1 Å². The zero-order valence-corrected chi connectivity index (χ0v) is 20.1. The molecule has 0 aliphatic heterocycles. The highest BCUT2D eigenvalue weighted by atomic mass is 32.2. The Labute approximate surface area is 199 Å². The summed E-state index contributed by atoms with van der Waals surface area (Å²) >= 11 is 1.53. The largest absolute Gasteiger partial charge is 0.480 e. The van der Waals surface area contributed by atoms with Crippen molar-refractivity contribution in [3.05, 3.63) is 66.2 Å². The standard InChI is InChI=1S/C25H33N3O4S/c1-17(2)14-21(23(29)27-20-12-8-5-9-13-20)28-24(30)22(26-18(3)25(31)32)16-33-15-19-10-6-4-7-11-19/h4-13,17-18,21-22,26H,14-16H2,1-3H3,(H,27,29)(H,28,30)(H,31,32)/t18-,21+,22-/m1/s1. The maximum atomic E-state index is 13.1. The van der Waals surface area contributed by atoms with E-state index in [4.69, 9.17) is 0 Å². The number of amides is 2. The number of nitrogens with one attached hydrogen (secondary N) is 3. The highest BCUT2D eigenvalue weighted by molar-refractivity contribution is 7.98. The van der Waals surface area contributed by atoms with Crippen molar-refractivity contribution in [2.75, 3.05) is 11.1 Å². The molecule has 0 aromatic heterocycles. The van der Waals surface area contributed by atoms with Gasteiger partial charge in [0.25, 0.3) is 0 Å². The predicted octanol–water partition coefficient (Wildman–Crippen LogP) is 3.52. The van der Waals surface area contributed by atoms with E-state index in [2.05, 4.69) is 16.0 Å². The first-order chi connectivity index (χ1) is 15.8. The molecule has 3 atom stereocenters. The number of carboxylic acids is 1. The van der Waals surface area contributed by atoms with Crippen LogP contribution in [0, 0.1) is 5.92 Å². The van der Waals surface area contributed by atoms with E-state index in [0.29, 0.717) is 23.6 Å². The van der Waals surface area contributed by atoms with Gasteiger partial charge in [0.05, 0.1) is 6.04 Å². The second-order valence-electron chi connectivity index (χ2n) is 8.33. The quantitative estimate of drug-likeness (QED) is 0.356. The van der Waals surface area contributed by atoms with Crippen LogP contribution in [-0.4, -0.2) is 46.8 Å². The van der Waals surface area contributed by atoms with Gasteiger partial charge in [-0.15, -0.1) is 0 Å². The molecule has 2 amide bonds. The van der Waals surface area contributed by atoms with Gasteiger partial charge < -0.3 is 15.7 Å². The van der Waals surface area contributed by atoms with Crippen LogP contribution in [0.25, 0.3) is 0 Å². The van der Waals surface area contributed by atoms with Crippen LogP contribution < -0.4 is 16.0 Å². The Bertz CT molecular complexity index is 893. The fourth-order valence-electron chi connectivity index (χ4n) is 3.17. The second-order valence-corrected chi connectivity index (χ2v) is 9.36. The molecule has 0 saturated heterocycles. The van der Waals surface area contributed by atoms with Crippen molar-refractivity contribution >= 4 is 35.2 Å². The third kappa shape index (κ3) is 9.67. The SMILES string of the molecule is CC(C)C[C@H](NC(=O)[C@@H](CSCc1ccccc1)N[C@H](C)C(=O)O)C(=O)Nc1ccccc1. The molecule has 0 heterocycles. The molecule has 2 aromatic rings. The van der Waals surface area contributed by atoms with E-state index in [9.17, 15) is 19.5 Å². The lowest BCUT2D eigenvalue weighted by molar-refractivity contribution is -0.139. The Hall–Kier alpha value is -2.84. The zero-order valence-electron chi connectivity index (χ0n) is 19.3. The molecule has 0 aliphatic carbocycles. The van der Waals surface area contributed by atoms with Crippen LogP contribution in [-0.2, 0) is 20.1 Å². The van der Waals surface area contributed by atoms with E-state index in [1.807, 2.05) is 62.4 Å². The van der Waals surface area contributed by atoms with Crippen LogP contribution in [0.15, 0.2) is 60.7 Å². The molecule has 2 rings (SSSR count). The third-order valence-corrected chi connectivity index (χ3v) is 6.02. The Balaban J connectivity index is 2.07. The lowest BCUT2D eigenvalue weighted by Gasteiger charge is -2.25. The number of para-hydroxylation sites is 1. The molecule has 0 radical (unpaired) electrons. The number of hydrogen-bond donors (Lipinski definition) is 4. The maximum Gasteiger partial charge on any atom is 0.320 e. The molecule has 2 aromatic carbocycles. The Morgan fingerprint density at radius 2 is 1.48 bits per heavy atom. The lowest BCUT2D eigenvalue weighted by Crippen LogP contribution is -2.55. The summed E-state index contributed by atoms with van der Waals surface area (Å²) in [7, 11) is 0. The number of rotatable bonds is 13. The minimum Gasteiger partial charge on any atom is -0.480 e. The minimum absolute atomic E-state index is 0.175. The molecule has 0 unspecified atom stereocenters. The van der Waals surface area contributed by atoms with E-state index < -0.39 is 30.0 Å². The highest BCUT2D eigenvalue weighted by Gasteiger charge is 2.28. The topological polar surface area (TPSA) is 108 Å². The Morgan fingerprint density at radius 3 is 2.06 bits per heavy atom. The molecule has 0 bridgehead atoms. The second kappa shape index (κ2) is 13.6. The number of carbonyl (C=O) groups is 3. The number of thioether (sulfide) groups is 1. The number of aliphatic carboxylic acids is 1. The van der Waals surface area contributed by atoms with Gasteiger partial charge in [-0.05, 0) is 37.0 Å². The van der Waals surface area contributed by atoms with Gasteiger partial charge in [0.15, 0.2) is 0 Å². The number of carboxylic acid groups (broad SMARTS) is 1. The van der Waals surface area contributed by atoms with Crippen LogP contribution in [0.5, 0.6) is 0 Å². The van der Waals surface area contributed by atoms with Crippen LogP contribution in [0.1, 0.15) is 32.8 Å². The number of anilines is 1. The molecular weight excluding hydrogens is 438 g/mol. The van der Waals surface area contributed by atoms with Gasteiger partial charge >= 0.3 is 5.97 Å². The van der Waals surface area contributed by atoms with Crippen molar-refractivity contribution in [3.63, 3.8) is 0 Å². The molecule has 0 spiro atoms. The molecule has 8 heteroatoms. The van der Waals surface area contributed by atoms with E-state index in [0.717, 1.165) is 5.56 Å². The van der Waals surface area contributed by atoms with Crippen LogP contribution >= 0.6 is 11.8 Å². The van der Waals surface area contributed by atoms with Gasteiger partial charge in [-0.2, -0.15) is 11.8 Å². The summed E-state index contributed by atoms with van der Waals surface area (Å²) in [4.78, 5) is 37.4. The predicted molar refractivity (Wildman–Crippen MR) is 133 cm³/mol. The molecule has 0 aliphatic rings. The van der Waals surface area contributed by atoms with Gasteiger partial charge in [0.1, 0.15) is 12.1 Å². The fourth-order valence-corrected chi connectivity index (χ4v) is 4.20. The summed E-state index contributed by atoms with van der Waals surface area (Å²) in [5.74, 6) is -0.497. The molecule has 178 valence electrons. The van der Waals surface area contributed by atoms with E-state index in [-0.39, 0.29) is 11.8 Å². The van der Waals surface area contributed by atoms with E-state index in [1.54, 1.807) is 12.1 Å². The molecule has 4 N–H and O–H groups in total. The smallest absolute Gasteiger partial charge is 0.320 e. The molecule has 7 nitrogen and oxygen atoms in total. The Morgan fingerprint density at radius 1 is 0.879 bits per heavy atom. The summed E-state index contributed by atoms with van der Waals surface area (Å²) in [5, 5.41) is 17.9. The molecule has 33 heavy (non-hydrogen) atoms.